The molecule has 0 saturated heterocycles. The van der Waals surface area contributed by atoms with Crippen molar-refractivity contribution in [3.05, 3.63) is 0 Å². The minimum absolute atomic E-state index is 0.00950. The number of hydrogen-bond acceptors (Lipinski definition) is 2. The molecule has 100 valence electrons. The van der Waals surface area contributed by atoms with Gasteiger partial charge in [0.1, 0.15) is 6.54 Å². The number of alkyl halides is 3. The Kier molecular flexibility index (Phi) is 4.97. The Balaban J connectivity index is 2.27. The Hall–Kier alpha value is -0.590. The van der Waals surface area contributed by atoms with Gasteiger partial charge in [-0.3, -0.25) is 0 Å². The van der Waals surface area contributed by atoms with Crippen molar-refractivity contribution in [3.63, 3.8) is 0 Å². The standard InChI is InChI=1S/C10H17F3N2OS/c1-17-9(4-2-3-5-9)6-14-8(16)15-7-10(11,12)13/h2-7H2,1H3,(H2,14,15,16). The van der Waals surface area contributed by atoms with E-state index in [1.165, 1.54) is 0 Å². The minimum Gasteiger partial charge on any atom is -0.337 e. The van der Waals surface area contributed by atoms with E-state index in [4.69, 9.17) is 0 Å². The van der Waals surface area contributed by atoms with E-state index in [-0.39, 0.29) is 4.75 Å². The van der Waals surface area contributed by atoms with E-state index in [0.29, 0.717) is 6.54 Å². The lowest BCUT2D eigenvalue weighted by atomic mass is 10.1. The van der Waals surface area contributed by atoms with Crippen molar-refractivity contribution in [1.82, 2.24) is 10.6 Å². The Bertz CT molecular complexity index is 265. The lowest BCUT2D eigenvalue weighted by Crippen LogP contribution is -2.45. The Labute approximate surface area is 103 Å². The number of carbonyl (C=O) groups excluding carboxylic acids is 1. The van der Waals surface area contributed by atoms with Gasteiger partial charge < -0.3 is 10.6 Å². The third kappa shape index (κ3) is 5.06. The second-order valence-corrected chi connectivity index (χ2v) is 5.52. The summed E-state index contributed by atoms with van der Waals surface area (Å²) in [4.78, 5) is 11.2. The summed E-state index contributed by atoms with van der Waals surface area (Å²) in [6, 6.07) is -0.748. The quantitative estimate of drug-likeness (QED) is 0.824. The van der Waals surface area contributed by atoms with Crippen LogP contribution in [0.25, 0.3) is 0 Å². The highest BCUT2D eigenvalue weighted by molar-refractivity contribution is 8.00. The summed E-state index contributed by atoms with van der Waals surface area (Å²) in [5.41, 5.74) is 0. The second kappa shape index (κ2) is 5.84. The molecule has 0 unspecified atom stereocenters. The normalized spacial score (nSPS) is 19.1. The molecular formula is C10H17F3N2OS. The molecule has 0 bridgehead atoms. The number of rotatable bonds is 4. The number of hydrogen-bond donors (Lipinski definition) is 2. The molecule has 1 aliphatic rings. The first kappa shape index (κ1) is 14.5. The van der Waals surface area contributed by atoms with E-state index in [1.807, 2.05) is 6.26 Å². The van der Waals surface area contributed by atoms with Gasteiger partial charge in [0.15, 0.2) is 0 Å². The molecule has 3 nitrogen and oxygen atoms in total. The van der Waals surface area contributed by atoms with Crippen molar-refractivity contribution in [2.45, 2.75) is 36.6 Å². The zero-order chi connectivity index (χ0) is 12.9. The monoisotopic (exact) mass is 270 g/mol. The summed E-state index contributed by atoms with van der Waals surface area (Å²) in [7, 11) is 0. The maximum atomic E-state index is 11.9. The second-order valence-electron chi connectivity index (χ2n) is 4.25. The predicted octanol–water partition coefficient (Wildman–Crippen LogP) is 2.52. The number of carbonyl (C=O) groups is 1. The number of thioether (sulfide) groups is 1. The lowest BCUT2D eigenvalue weighted by molar-refractivity contribution is -0.122. The van der Waals surface area contributed by atoms with Crippen LogP contribution in [0.15, 0.2) is 0 Å². The van der Waals surface area contributed by atoms with Crippen LogP contribution in [-0.4, -0.2) is 36.3 Å². The minimum atomic E-state index is -4.36. The SMILES string of the molecule is CSC1(CNC(=O)NCC(F)(F)F)CCCC1. The molecule has 0 heterocycles. The molecule has 0 aromatic rings. The summed E-state index contributed by atoms with van der Waals surface area (Å²) in [6.45, 7) is -0.858. The van der Waals surface area contributed by atoms with Gasteiger partial charge in [0.05, 0.1) is 0 Å². The molecule has 1 fully saturated rings. The summed E-state index contributed by atoms with van der Waals surface area (Å²) in [6.07, 6.45) is 1.86. The van der Waals surface area contributed by atoms with Gasteiger partial charge in [0.25, 0.3) is 0 Å². The molecule has 17 heavy (non-hydrogen) atoms. The summed E-state index contributed by atoms with van der Waals surface area (Å²) in [5, 5.41) is 4.32. The van der Waals surface area contributed by atoms with E-state index >= 15 is 0 Å². The van der Waals surface area contributed by atoms with Gasteiger partial charge in [-0.2, -0.15) is 24.9 Å². The van der Waals surface area contributed by atoms with Crippen LogP contribution in [0.3, 0.4) is 0 Å². The first-order chi connectivity index (χ1) is 7.87. The lowest BCUT2D eigenvalue weighted by Gasteiger charge is -2.26. The molecule has 0 spiro atoms. The highest BCUT2D eigenvalue weighted by Crippen LogP contribution is 2.39. The van der Waals surface area contributed by atoms with Gasteiger partial charge in [-0.25, -0.2) is 4.79 Å². The van der Waals surface area contributed by atoms with Crippen molar-refractivity contribution in [2.75, 3.05) is 19.3 Å². The van der Waals surface area contributed by atoms with Gasteiger partial charge in [0, 0.05) is 11.3 Å². The molecule has 1 rings (SSSR count). The third-order valence-electron chi connectivity index (χ3n) is 2.97. The van der Waals surface area contributed by atoms with Crippen LogP contribution in [0, 0.1) is 0 Å². The van der Waals surface area contributed by atoms with Crippen LogP contribution in [0.4, 0.5) is 18.0 Å². The van der Waals surface area contributed by atoms with Crippen LogP contribution >= 0.6 is 11.8 Å². The fourth-order valence-corrected chi connectivity index (χ4v) is 2.87. The van der Waals surface area contributed by atoms with Gasteiger partial charge in [-0.15, -0.1) is 0 Å². The zero-order valence-corrected chi connectivity index (χ0v) is 10.5. The van der Waals surface area contributed by atoms with Crippen molar-refractivity contribution in [1.29, 1.82) is 0 Å². The van der Waals surface area contributed by atoms with E-state index in [1.54, 1.807) is 17.1 Å². The number of nitrogens with one attached hydrogen (secondary N) is 2. The number of amides is 2. The van der Waals surface area contributed by atoms with E-state index in [2.05, 4.69) is 5.32 Å². The van der Waals surface area contributed by atoms with Gasteiger partial charge in [-0.1, -0.05) is 12.8 Å². The largest absolute Gasteiger partial charge is 0.405 e. The van der Waals surface area contributed by atoms with Gasteiger partial charge in [-0.05, 0) is 19.1 Å². The summed E-state index contributed by atoms with van der Waals surface area (Å²) >= 11 is 1.68. The van der Waals surface area contributed by atoms with E-state index < -0.39 is 18.8 Å². The highest BCUT2D eigenvalue weighted by atomic mass is 32.2. The highest BCUT2D eigenvalue weighted by Gasteiger charge is 2.33. The molecule has 0 radical (unpaired) electrons. The molecule has 7 heteroatoms. The average molecular weight is 270 g/mol. The molecule has 2 N–H and O–H groups in total. The Morgan fingerprint density at radius 2 is 1.88 bits per heavy atom. The first-order valence-electron chi connectivity index (χ1n) is 5.50. The fourth-order valence-electron chi connectivity index (χ4n) is 1.96. The van der Waals surface area contributed by atoms with Crippen molar-refractivity contribution in [2.24, 2.45) is 0 Å². The first-order valence-corrected chi connectivity index (χ1v) is 6.73. The van der Waals surface area contributed by atoms with Crippen LogP contribution in [0.5, 0.6) is 0 Å². The van der Waals surface area contributed by atoms with Crippen LogP contribution in [0.1, 0.15) is 25.7 Å². The van der Waals surface area contributed by atoms with Crippen LogP contribution < -0.4 is 10.6 Å². The van der Waals surface area contributed by atoms with Crippen LogP contribution in [-0.2, 0) is 0 Å². The van der Waals surface area contributed by atoms with Crippen molar-refractivity contribution >= 4 is 17.8 Å². The topological polar surface area (TPSA) is 41.1 Å². The van der Waals surface area contributed by atoms with Gasteiger partial charge in [0.2, 0.25) is 0 Å². The smallest absolute Gasteiger partial charge is 0.337 e. The average Bonchev–Trinajstić information content (AvgIpc) is 2.72. The zero-order valence-electron chi connectivity index (χ0n) is 9.69. The molecule has 0 aliphatic heterocycles. The van der Waals surface area contributed by atoms with E-state index in [9.17, 15) is 18.0 Å². The Morgan fingerprint density at radius 3 is 2.35 bits per heavy atom. The van der Waals surface area contributed by atoms with Gasteiger partial charge >= 0.3 is 12.2 Å². The maximum Gasteiger partial charge on any atom is 0.405 e. The molecule has 1 saturated carbocycles. The summed E-state index contributed by atoms with van der Waals surface area (Å²) in [5.74, 6) is 0. The molecule has 0 aromatic carbocycles. The molecule has 1 aliphatic carbocycles. The molecule has 0 atom stereocenters. The molecular weight excluding hydrogens is 253 g/mol. The molecule has 0 aromatic heterocycles. The molecule has 2 amide bonds. The van der Waals surface area contributed by atoms with Crippen LogP contribution in [0.2, 0.25) is 0 Å². The number of halogens is 3. The fraction of sp³-hybridized carbons (Fsp3) is 0.900. The van der Waals surface area contributed by atoms with E-state index in [0.717, 1.165) is 25.7 Å². The maximum absolute atomic E-state index is 11.9. The summed E-state index contributed by atoms with van der Waals surface area (Å²) < 4.78 is 35.6. The Morgan fingerprint density at radius 1 is 1.29 bits per heavy atom. The number of urea groups is 1. The van der Waals surface area contributed by atoms with Crippen molar-refractivity contribution in [3.8, 4) is 0 Å². The van der Waals surface area contributed by atoms with Crippen molar-refractivity contribution < 1.29 is 18.0 Å². The predicted molar refractivity (Wildman–Crippen MR) is 62.2 cm³/mol. The third-order valence-corrected chi connectivity index (χ3v) is 4.39.